The third-order valence-electron chi connectivity index (χ3n) is 7.46. The van der Waals surface area contributed by atoms with Gasteiger partial charge in [-0.15, -0.1) is 12.3 Å². The standard InChI is InChI=1S/C34H39N3O3.Ni/c1-3-4-5-14-23-34(2,33(39)40)36-31(27-18-10-7-11-19-27)28-20-12-13-21-29(28)35-32(38)30-22-15-24-37(30)25-26-16-8-6-9-17-26;/h3,6-13,16-21,30H,1,4-5,14-15,22-25H2,2H3,(H2,35,36,38,39,40);/q;+2/p-1/t30-,34-;/m0./s1. The van der Waals surface area contributed by atoms with Crippen molar-refractivity contribution in [3.63, 3.8) is 0 Å². The number of carbonyl (C=O) groups is 2. The molecule has 0 aromatic heterocycles. The molecule has 3 aromatic rings. The van der Waals surface area contributed by atoms with E-state index in [1.807, 2.05) is 78.9 Å². The summed E-state index contributed by atoms with van der Waals surface area (Å²) in [4.78, 5) is 33.2. The topological polar surface area (TPSA) is 84.1 Å². The zero-order valence-corrected chi connectivity index (χ0v) is 24.5. The molecule has 216 valence electrons. The largest absolute Gasteiger partial charge is 2.00 e. The van der Waals surface area contributed by atoms with E-state index >= 15 is 0 Å². The van der Waals surface area contributed by atoms with E-state index in [0.29, 0.717) is 36.3 Å². The molecule has 0 aliphatic carbocycles. The van der Waals surface area contributed by atoms with Crippen LogP contribution in [0.5, 0.6) is 0 Å². The molecule has 1 aliphatic rings. The molecule has 1 aliphatic heterocycles. The molecular weight excluding hydrogens is 557 g/mol. The Morgan fingerprint density at radius 2 is 1.68 bits per heavy atom. The fourth-order valence-electron chi connectivity index (χ4n) is 5.17. The molecule has 0 saturated carbocycles. The smallest absolute Gasteiger partial charge is 0.625 e. The number of rotatable bonds is 13. The van der Waals surface area contributed by atoms with Gasteiger partial charge in [0.1, 0.15) is 0 Å². The number of carboxylic acids is 1. The number of amides is 1. The first-order chi connectivity index (χ1) is 19.4. The first kappa shape index (κ1) is 32.0. The molecule has 0 radical (unpaired) electrons. The number of hydrogen-bond donors (Lipinski definition) is 1. The van der Waals surface area contributed by atoms with E-state index in [1.54, 1.807) is 6.92 Å². The van der Waals surface area contributed by atoms with E-state index in [0.717, 1.165) is 37.8 Å². The number of allylic oxidation sites excluding steroid dienone is 1. The summed E-state index contributed by atoms with van der Waals surface area (Å²) in [6.45, 7) is 6.98. The molecule has 1 N–H and O–H groups in total. The normalized spacial score (nSPS) is 16.8. The molecule has 7 heteroatoms. The summed E-state index contributed by atoms with van der Waals surface area (Å²) >= 11 is 0. The Morgan fingerprint density at radius 3 is 2.37 bits per heavy atom. The Kier molecular flexibility index (Phi) is 12.1. The SMILES string of the molecule is C=CCCCC[C@](C)(N=C(c1ccccc1)c1ccccc1[N-]C(=O)[C@@H]1CCCN1Cc1ccccc1)C(=O)O.[Ni+2]. The van der Waals surface area contributed by atoms with Gasteiger partial charge in [0.15, 0.2) is 5.54 Å². The minimum absolute atomic E-state index is 0. The second-order valence-electron chi connectivity index (χ2n) is 10.5. The Morgan fingerprint density at radius 1 is 1.02 bits per heavy atom. The fraction of sp³-hybridized carbons (Fsp3) is 0.324. The number of para-hydroxylation sites is 1. The maximum absolute atomic E-state index is 13.6. The summed E-state index contributed by atoms with van der Waals surface area (Å²) in [6.07, 6.45) is 6.34. The van der Waals surface area contributed by atoms with Gasteiger partial charge in [0, 0.05) is 12.1 Å². The predicted molar refractivity (Wildman–Crippen MR) is 161 cm³/mol. The molecule has 4 rings (SSSR count). The van der Waals surface area contributed by atoms with Crippen LogP contribution in [-0.4, -0.2) is 45.7 Å². The van der Waals surface area contributed by atoms with Crippen LogP contribution in [0.1, 0.15) is 62.1 Å². The van der Waals surface area contributed by atoms with E-state index in [1.165, 1.54) is 5.56 Å². The molecule has 0 unspecified atom stereocenters. The average Bonchev–Trinajstić information content (AvgIpc) is 3.44. The number of likely N-dealkylation sites (tertiary alicyclic amines) is 1. The number of aliphatic imine (C=N–C) groups is 1. The molecule has 1 heterocycles. The maximum atomic E-state index is 13.6. The van der Waals surface area contributed by atoms with Crippen LogP contribution in [0.2, 0.25) is 0 Å². The number of hydrogen-bond acceptors (Lipinski definition) is 4. The van der Waals surface area contributed by atoms with Gasteiger partial charge in [0.05, 0.1) is 17.7 Å². The summed E-state index contributed by atoms with van der Waals surface area (Å²) in [5.74, 6) is -1.16. The summed E-state index contributed by atoms with van der Waals surface area (Å²) in [5.41, 5.74) is 2.29. The average molecular weight is 595 g/mol. The molecule has 1 fully saturated rings. The molecule has 1 saturated heterocycles. The van der Waals surface area contributed by atoms with Crippen LogP contribution >= 0.6 is 0 Å². The van der Waals surface area contributed by atoms with E-state index in [4.69, 9.17) is 4.99 Å². The van der Waals surface area contributed by atoms with Crippen LogP contribution in [0.4, 0.5) is 5.69 Å². The summed E-state index contributed by atoms with van der Waals surface area (Å²) in [7, 11) is 0. The van der Waals surface area contributed by atoms with Gasteiger partial charge < -0.3 is 15.2 Å². The van der Waals surface area contributed by atoms with Gasteiger partial charge in [0.25, 0.3) is 0 Å². The first-order valence-electron chi connectivity index (χ1n) is 14.0. The molecule has 0 spiro atoms. The van der Waals surface area contributed by atoms with E-state index < -0.39 is 11.5 Å². The number of benzene rings is 3. The number of carbonyl (C=O) groups excluding carboxylic acids is 1. The summed E-state index contributed by atoms with van der Waals surface area (Å²) in [6, 6.07) is 26.8. The van der Waals surface area contributed by atoms with Crippen LogP contribution in [-0.2, 0) is 32.6 Å². The third-order valence-corrected chi connectivity index (χ3v) is 7.46. The number of carboxylic acid groups (broad SMARTS) is 1. The van der Waals surface area contributed by atoms with Gasteiger partial charge in [0.2, 0.25) is 0 Å². The molecule has 3 aromatic carbocycles. The number of unbranched alkanes of at least 4 members (excludes halogenated alkanes) is 2. The van der Waals surface area contributed by atoms with Gasteiger partial charge in [-0.05, 0) is 56.7 Å². The summed E-state index contributed by atoms with van der Waals surface area (Å²) in [5, 5.41) is 14.9. The fourth-order valence-corrected chi connectivity index (χ4v) is 5.17. The molecular formula is C34H38N3NiO3+. The number of nitrogens with zero attached hydrogens (tertiary/aromatic N) is 3. The van der Waals surface area contributed by atoms with Gasteiger partial charge in [-0.2, -0.15) is 0 Å². The first-order valence-corrected chi connectivity index (χ1v) is 14.0. The Balaban J connectivity index is 0.00000462. The van der Waals surface area contributed by atoms with E-state index in [9.17, 15) is 14.7 Å². The van der Waals surface area contributed by atoms with Gasteiger partial charge >= 0.3 is 22.5 Å². The van der Waals surface area contributed by atoms with Crippen LogP contribution in [0, 0.1) is 0 Å². The molecule has 0 bridgehead atoms. The zero-order valence-electron chi connectivity index (χ0n) is 23.5. The summed E-state index contributed by atoms with van der Waals surface area (Å²) < 4.78 is 0. The van der Waals surface area contributed by atoms with E-state index in [-0.39, 0.29) is 28.4 Å². The number of aliphatic carboxylic acids is 1. The minimum Gasteiger partial charge on any atom is -0.625 e. The van der Waals surface area contributed by atoms with Crippen molar-refractivity contribution >= 4 is 23.3 Å². The van der Waals surface area contributed by atoms with Crippen LogP contribution < -0.4 is 0 Å². The van der Waals surface area contributed by atoms with Crippen molar-refractivity contribution in [3.05, 3.63) is 120 Å². The van der Waals surface area contributed by atoms with Crippen molar-refractivity contribution in [2.45, 2.75) is 63.6 Å². The van der Waals surface area contributed by atoms with Crippen molar-refractivity contribution in [1.82, 2.24) is 4.90 Å². The Bertz CT molecular complexity index is 1330. The Labute approximate surface area is 253 Å². The van der Waals surface area contributed by atoms with Gasteiger partial charge in [-0.25, -0.2) is 4.79 Å². The van der Waals surface area contributed by atoms with Crippen molar-refractivity contribution in [2.75, 3.05) is 6.54 Å². The maximum Gasteiger partial charge on any atom is 2.00 e. The van der Waals surface area contributed by atoms with Crippen LogP contribution in [0.15, 0.2) is 103 Å². The van der Waals surface area contributed by atoms with Crippen molar-refractivity contribution in [1.29, 1.82) is 0 Å². The zero-order chi connectivity index (χ0) is 28.4. The van der Waals surface area contributed by atoms with Crippen molar-refractivity contribution < 1.29 is 31.2 Å². The van der Waals surface area contributed by atoms with Crippen LogP contribution in [0.3, 0.4) is 0 Å². The Hall–Kier alpha value is -3.54. The van der Waals surface area contributed by atoms with Gasteiger partial charge in [-0.3, -0.25) is 9.89 Å². The molecule has 6 nitrogen and oxygen atoms in total. The van der Waals surface area contributed by atoms with Crippen molar-refractivity contribution in [2.24, 2.45) is 4.99 Å². The molecule has 1 amide bonds. The van der Waals surface area contributed by atoms with E-state index in [2.05, 4.69) is 28.9 Å². The second kappa shape index (κ2) is 15.5. The van der Waals surface area contributed by atoms with Gasteiger partial charge in [-0.1, -0.05) is 97.4 Å². The third kappa shape index (κ3) is 8.48. The second-order valence-corrected chi connectivity index (χ2v) is 10.5. The van der Waals surface area contributed by atoms with Crippen molar-refractivity contribution in [3.8, 4) is 0 Å². The predicted octanol–water partition coefficient (Wildman–Crippen LogP) is 7.31. The molecule has 2 atom stereocenters. The monoisotopic (exact) mass is 594 g/mol. The van der Waals surface area contributed by atoms with Crippen LogP contribution in [0.25, 0.3) is 5.32 Å². The minimum atomic E-state index is -1.33. The quantitative estimate of drug-likeness (QED) is 0.0973. The molecule has 41 heavy (non-hydrogen) atoms.